The van der Waals surface area contributed by atoms with E-state index in [1.165, 1.54) is 139 Å². The number of carbonyl (C=O) groups excluding carboxylic acids is 1. The molecule has 5 heterocycles. The highest BCUT2D eigenvalue weighted by molar-refractivity contribution is 7.30. The van der Waals surface area contributed by atoms with E-state index in [1.54, 1.807) is 11.1 Å². The van der Waals surface area contributed by atoms with Gasteiger partial charge in [0.25, 0.3) is 0 Å². The van der Waals surface area contributed by atoms with Crippen molar-refractivity contribution in [2.45, 2.75) is 140 Å². The molecule has 0 N–H and O–H groups in total. The largest absolute Gasteiger partial charge is 0.462 e. The van der Waals surface area contributed by atoms with Crippen LogP contribution in [0.5, 0.6) is 0 Å². The van der Waals surface area contributed by atoms with Gasteiger partial charge in [0.15, 0.2) is 0 Å². The molecule has 0 unspecified atom stereocenters. The number of ether oxygens (including phenoxy) is 1. The first-order valence-corrected chi connectivity index (χ1v) is 30.8. The summed E-state index contributed by atoms with van der Waals surface area (Å²) in [6.45, 7) is 25.8. The van der Waals surface area contributed by atoms with Crippen molar-refractivity contribution in [1.29, 1.82) is 0 Å². The van der Waals surface area contributed by atoms with E-state index in [0.29, 0.717) is 12.2 Å². The van der Waals surface area contributed by atoms with Crippen LogP contribution >= 0.6 is 56.7 Å². The Kier molecular flexibility index (Phi) is 14.2. The lowest BCUT2D eigenvalue weighted by atomic mass is 9.44. The van der Waals surface area contributed by atoms with Crippen LogP contribution in [0.4, 0.5) is 0 Å². The molecule has 2 atom stereocenters. The molecule has 0 fully saturated rings. The molecule has 0 saturated heterocycles. The van der Waals surface area contributed by atoms with Gasteiger partial charge in [-0.3, -0.25) is 0 Å². The summed E-state index contributed by atoms with van der Waals surface area (Å²) in [5, 5.41) is 4.55. The van der Waals surface area contributed by atoms with E-state index in [0.717, 1.165) is 18.1 Å². The Morgan fingerprint density at radius 2 is 1.08 bits per heavy atom. The summed E-state index contributed by atoms with van der Waals surface area (Å²) >= 11 is 9.82. The first-order chi connectivity index (χ1) is 34.5. The van der Waals surface area contributed by atoms with Gasteiger partial charge < -0.3 is 4.74 Å². The van der Waals surface area contributed by atoms with Crippen molar-refractivity contribution in [3.63, 3.8) is 0 Å². The van der Waals surface area contributed by atoms with E-state index in [9.17, 15) is 4.79 Å². The summed E-state index contributed by atoms with van der Waals surface area (Å²) in [5.74, 6) is -0.268. The molecule has 2 nitrogen and oxygen atoms in total. The van der Waals surface area contributed by atoms with Crippen LogP contribution in [-0.4, -0.2) is 12.6 Å². The Labute approximate surface area is 450 Å². The summed E-state index contributed by atoms with van der Waals surface area (Å²) in [5.41, 5.74) is 12.2. The topological polar surface area (TPSA) is 26.3 Å². The number of benzene rings is 1. The normalized spacial score (nSPS) is 19.3. The third kappa shape index (κ3) is 8.99. The maximum atomic E-state index is 13.4. The summed E-state index contributed by atoms with van der Waals surface area (Å²) < 4.78 is 5.58. The highest BCUT2D eigenvalue weighted by Crippen LogP contribution is 2.69. The molecule has 72 heavy (non-hydrogen) atoms. The van der Waals surface area contributed by atoms with Gasteiger partial charge in [-0.25, -0.2) is 4.79 Å². The van der Waals surface area contributed by atoms with Gasteiger partial charge in [-0.1, -0.05) is 144 Å². The Hall–Kier alpha value is -4.37. The second-order valence-electron chi connectivity index (χ2n) is 22.8. The molecule has 10 rings (SSSR count). The lowest BCUT2D eigenvalue weighted by Crippen LogP contribution is -2.55. The molecular formula is C65H72O2S5. The quantitative estimate of drug-likeness (QED) is 0.0672. The summed E-state index contributed by atoms with van der Waals surface area (Å²) in [7, 11) is 0. The number of thiophene rings is 5. The molecule has 7 heteroatoms. The molecule has 4 aliphatic carbocycles. The Morgan fingerprint density at radius 1 is 0.542 bits per heavy atom. The number of carbonyl (C=O) groups is 1. The van der Waals surface area contributed by atoms with Gasteiger partial charge in [0, 0.05) is 54.7 Å². The van der Waals surface area contributed by atoms with Crippen molar-refractivity contribution < 1.29 is 9.53 Å². The molecule has 0 radical (unpaired) electrons. The van der Waals surface area contributed by atoms with E-state index in [2.05, 4.69) is 177 Å². The Balaban J connectivity index is 1.09. The van der Waals surface area contributed by atoms with Gasteiger partial charge in [0.2, 0.25) is 0 Å². The second-order valence-corrected chi connectivity index (χ2v) is 28.0. The molecule has 4 aliphatic rings. The standard InChI is InChI=1S/C65H72O2S5/c1-12-15-17-19-22-45-46(23-20-18-16-13-2)60(72-59(45)57-31-29-54(70-57)53-24-21-33-68-53)58-32-30-56(71-58)55-28-27-52(69-55)48-36-43-35-41(62(4,5)6)37-50-47-34-40(61(66)67-14-3)25-26-44(47)49-38-42(63(7,8)9)39-51(48)65(49,11)64(43,50)10/h21,24-39H,12-20,22-23H2,1-11H3/t64-,65+/m0/s1. The second kappa shape index (κ2) is 20.1. The Morgan fingerprint density at radius 3 is 1.64 bits per heavy atom. The maximum Gasteiger partial charge on any atom is 0.338 e. The average Bonchev–Trinajstić information content (AvgIpc) is 4.21. The zero-order valence-corrected chi connectivity index (χ0v) is 48.5. The van der Waals surface area contributed by atoms with E-state index in [1.807, 2.05) is 58.3 Å². The number of allylic oxidation sites excluding steroid dienone is 10. The van der Waals surface area contributed by atoms with Crippen molar-refractivity contribution in [2.75, 3.05) is 6.61 Å². The van der Waals surface area contributed by atoms with Crippen LogP contribution in [0.25, 0.3) is 55.7 Å². The summed E-state index contributed by atoms with van der Waals surface area (Å²) in [4.78, 5) is 25.9. The van der Waals surface area contributed by atoms with E-state index >= 15 is 0 Å². The molecule has 0 bridgehead atoms. The van der Waals surface area contributed by atoms with Crippen LogP contribution in [0.15, 0.2) is 125 Å². The predicted molar refractivity (Wildman–Crippen MR) is 317 cm³/mol. The summed E-state index contributed by atoms with van der Waals surface area (Å²) in [6.07, 6.45) is 25.0. The molecule has 0 spiro atoms. The number of hydrogen-bond acceptors (Lipinski definition) is 7. The van der Waals surface area contributed by atoms with Gasteiger partial charge in [0.1, 0.15) is 0 Å². The number of esters is 1. The fraction of sp³-hybridized carbons (Fsp3) is 0.400. The number of hydrogen-bond donors (Lipinski definition) is 0. The van der Waals surface area contributed by atoms with Crippen molar-refractivity contribution in [3.05, 3.63) is 157 Å². The highest BCUT2D eigenvalue weighted by Gasteiger charge is 2.59. The molecule has 0 saturated carbocycles. The Bertz CT molecular complexity index is 3350. The van der Waals surface area contributed by atoms with E-state index in [-0.39, 0.29) is 27.6 Å². The minimum atomic E-state index is -0.382. The smallest absolute Gasteiger partial charge is 0.338 e. The van der Waals surface area contributed by atoms with Crippen LogP contribution < -0.4 is 10.4 Å². The molecular weight excluding hydrogens is 973 g/mol. The third-order valence-electron chi connectivity index (χ3n) is 16.1. The predicted octanol–water partition coefficient (Wildman–Crippen LogP) is 19.3. The van der Waals surface area contributed by atoms with Crippen LogP contribution in [-0.2, 0) is 17.6 Å². The van der Waals surface area contributed by atoms with Gasteiger partial charge in [0.05, 0.1) is 12.2 Å². The average molecular weight is 1050 g/mol. The van der Waals surface area contributed by atoms with Crippen LogP contribution in [0.2, 0.25) is 0 Å². The van der Waals surface area contributed by atoms with E-state index in [4.69, 9.17) is 4.74 Å². The zero-order chi connectivity index (χ0) is 50.7. The monoisotopic (exact) mass is 1040 g/mol. The maximum absolute atomic E-state index is 13.4. The van der Waals surface area contributed by atoms with Gasteiger partial charge in [-0.2, -0.15) is 0 Å². The highest BCUT2D eigenvalue weighted by atomic mass is 32.1. The number of unbranched alkanes of at least 4 members (excludes halogenated alkanes) is 6. The van der Waals surface area contributed by atoms with Crippen molar-refractivity contribution in [3.8, 4) is 39.0 Å². The molecule has 1 aromatic carbocycles. The van der Waals surface area contributed by atoms with Crippen molar-refractivity contribution in [2.24, 2.45) is 21.7 Å². The van der Waals surface area contributed by atoms with Crippen LogP contribution in [0.3, 0.4) is 0 Å². The fourth-order valence-corrected chi connectivity index (χ4v) is 17.3. The first kappa shape index (κ1) is 51.1. The van der Waals surface area contributed by atoms with Gasteiger partial charge >= 0.3 is 5.97 Å². The minimum Gasteiger partial charge on any atom is -0.462 e. The van der Waals surface area contributed by atoms with Gasteiger partial charge in [-0.15, -0.1) is 56.7 Å². The van der Waals surface area contributed by atoms with Crippen molar-refractivity contribution in [1.82, 2.24) is 0 Å². The lowest BCUT2D eigenvalue weighted by molar-refractivity contribution is 0.0526. The fourth-order valence-electron chi connectivity index (χ4n) is 11.7. The molecule has 0 aliphatic heterocycles. The molecule has 6 aromatic rings. The van der Waals surface area contributed by atoms with Crippen LogP contribution in [0, 0.1) is 21.7 Å². The molecule has 0 amide bonds. The molecule has 374 valence electrons. The van der Waals surface area contributed by atoms with Crippen LogP contribution in [0.1, 0.15) is 154 Å². The van der Waals surface area contributed by atoms with Crippen molar-refractivity contribution >= 4 is 79.4 Å². The lowest BCUT2D eigenvalue weighted by Gasteiger charge is -2.58. The number of rotatable bonds is 17. The number of fused-ring (bicyclic) bond motifs is 1. The van der Waals surface area contributed by atoms with Gasteiger partial charge in [-0.05, 0) is 170 Å². The third-order valence-corrected chi connectivity index (χ3v) is 22.2. The first-order valence-electron chi connectivity index (χ1n) is 26.7. The minimum absolute atomic E-state index is 0.0832. The SMILES string of the molecule is CCCCCCc1c(-c2ccc(-c3cccs3)s2)sc(-c2ccc(-c3ccc(C4=CC5=CC(C(C)(C)C)=CC6=c7cc(C(=O)OCC)ccc7=C7C=C(C(C)(C)C)C=C4[C@]7(C)[C@@]56C)s3)s2)c1CCCCCC. The molecule has 5 aromatic heterocycles. The summed E-state index contributed by atoms with van der Waals surface area (Å²) in [6, 6.07) is 25.1. The van der Waals surface area contributed by atoms with E-state index < -0.39 is 0 Å². The zero-order valence-electron chi connectivity index (χ0n) is 44.5.